The summed E-state index contributed by atoms with van der Waals surface area (Å²) in [6, 6.07) is 13.4. The number of carbonyl (C=O) groups excluding carboxylic acids is 1. The van der Waals surface area contributed by atoms with Crippen molar-refractivity contribution in [2.75, 3.05) is 31.1 Å². The number of rotatable bonds is 3. The summed E-state index contributed by atoms with van der Waals surface area (Å²) >= 11 is 0. The molecule has 2 aliphatic rings. The topological polar surface area (TPSA) is 23.6 Å². The zero-order chi connectivity index (χ0) is 17.4. The van der Waals surface area contributed by atoms with E-state index in [1.165, 1.54) is 12.1 Å². The molecule has 2 fully saturated rings. The molecule has 130 valence electrons. The van der Waals surface area contributed by atoms with Gasteiger partial charge in [0.25, 0.3) is 0 Å². The second kappa shape index (κ2) is 6.47. The molecular formula is C20H20F2N2O. The quantitative estimate of drug-likeness (QED) is 0.853. The van der Waals surface area contributed by atoms with E-state index in [1.807, 2.05) is 21.9 Å². The lowest BCUT2D eigenvalue weighted by atomic mass is 10.1. The van der Waals surface area contributed by atoms with E-state index in [-0.39, 0.29) is 29.4 Å². The van der Waals surface area contributed by atoms with Crippen LogP contribution in [0.15, 0.2) is 48.5 Å². The normalized spacial score (nSPS) is 22.8. The van der Waals surface area contributed by atoms with E-state index < -0.39 is 0 Å². The predicted octanol–water partition coefficient (Wildman–Crippen LogP) is 3.42. The SMILES string of the molecule is O=C(C1CC1c1ccccc1F)N1CCN(c2ccccc2F)CC1. The second-order valence-electron chi connectivity index (χ2n) is 6.73. The van der Waals surface area contributed by atoms with Crippen LogP contribution in [0.5, 0.6) is 0 Å². The number of halogens is 2. The minimum absolute atomic E-state index is 0.00158. The van der Waals surface area contributed by atoms with Gasteiger partial charge in [0.15, 0.2) is 0 Å². The Morgan fingerprint density at radius 3 is 2.20 bits per heavy atom. The van der Waals surface area contributed by atoms with Crippen LogP contribution < -0.4 is 4.90 Å². The first-order chi connectivity index (χ1) is 12.1. The number of anilines is 1. The van der Waals surface area contributed by atoms with Crippen LogP contribution in [0.3, 0.4) is 0 Å². The fourth-order valence-electron chi connectivity index (χ4n) is 3.70. The summed E-state index contributed by atoms with van der Waals surface area (Å²) in [7, 11) is 0. The zero-order valence-electron chi connectivity index (χ0n) is 13.9. The van der Waals surface area contributed by atoms with E-state index in [1.54, 1.807) is 24.3 Å². The molecule has 1 aliphatic carbocycles. The first kappa shape index (κ1) is 16.1. The van der Waals surface area contributed by atoms with Crippen LogP contribution in [0, 0.1) is 17.6 Å². The molecule has 1 heterocycles. The maximum Gasteiger partial charge on any atom is 0.226 e. The van der Waals surface area contributed by atoms with Gasteiger partial charge in [-0.15, -0.1) is 0 Å². The third-order valence-corrected chi connectivity index (χ3v) is 5.20. The van der Waals surface area contributed by atoms with E-state index in [0.717, 1.165) is 0 Å². The smallest absolute Gasteiger partial charge is 0.226 e. The minimum Gasteiger partial charge on any atom is -0.366 e. The number of para-hydroxylation sites is 1. The minimum atomic E-state index is -0.232. The molecule has 0 spiro atoms. The average Bonchev–Trinajstić information content (AvgIpc) is 3.43. The van der Waals surface area contributed by atoms with Gasteiger partial charge < -0.3 is 9.80 Å². The summed E-state index contributed by atoms with van der Waals surface area (Å²) < 4.78 is 27.8. The monoisotopic (exact) mass is 342 g/mol. The average molecular weight is 342 g/mol. The fourth-order valence-corrected chi connectivity index (χ4v) is 3.70. The number of amides is 1. The Morgan fingerprint density at radius 2 is 1.52 bits per heavy atom. The van der Waals surface area contributed by atoms with Crippen molar-refractivity contribution in [2.24, 2.45) is 5.92 Å². The number of carbonyl (C=O) groups is 1. The van der Waals surface area contributed by atoms with Crippen molar-refractivity contribution < 1.29 is 13.6 Å². The van der Waals surface area contributed by atoms with Gasteiger partial charge in [0.05, 0.1) is 5.69 Å². The second-order valence-corrected chi connectivity index (χ2v) is 6.73. The molecule has 4 rings (SSSR count). The van der Waals surface area contributed by atoms with Crippen LogP contribution in [0.2, 0.25) is 0 Å². The molecule has 0 N–H and O–H groups in total. The molecule has 25 heavy (non-hydrogen) atoms. The predicted molar refractivity (Wildman–Crippen MR) is 92.4 cm³/mol. The number of nitrogens with zero attached hydrogens (tertiary/aromatic N) is 2. The summed E-state index contributed by atoms with van der Waals surface area (Å²) in [4.78, 5) is 16.5. The molecule has 1 amide bonds. The molecule has 3 nitrogen and oxygen atoms in total. The maximum absolute atomic E-state index is 13.9. The summed E-state index contributed by atoms with van der Waals surface area (Å²) in [5.74, 6) is -0.479. The molecule has 2 atom stereocenters. The maximum atomic E-state index is 13.9. The molecule has 5 heteroatoms. The van der Waals surface area contributed by atoms with Gasteiger partial charge in [-0.2, -0.15) is 0 Å². The Hall–Kier alpha value is -2.43. The van der Waals surface area contributed by atoms with Crippen LogP contribution in [-0.2, 0) is 4.79 Å². The van der Waals surface area contributed by atoms with Crippen molar-refractivity contribution in [3.8, 4) is 0 Å². The van der Waals surface area contributed by atoms with E-state index in [4.69, 9.17) is 0 Å². The van der Waals surface area contributed by atoms with E-state index >= 15 is 0 Å². The first-order valence-corrected chi connectivity index (χ1v) is 8.68. The lowest BCUT2D eigenvalue weighted by molar-refractivity contribution is -0.132. The molecule has 0 radical (unpaired) electrons. The summed E-state index contributed by atoms with van der Waals surface area (Å²) in [6.07, 6.45) is 0.716. The molecule has 1 saturated heterocycles. The number of benzene rings is 2. The van der Waals surface area contributed by atoms with Gasteiger partial charge in [-0.3, -0.25) is 4.79 Å². The molecule has 1 saturated carbocycles. The van der Waals surface area contributed by atoms with Crippen molar-refractivity contribution in [3.63, 3.8) is 0 Å². The van der Waals surface area contributed by atoms with Gasteiger partial charge in [0.2, 0.25) is 5.91 Å². The van der Waals surface area contributed by atoms with Crippen molar-refractivity contribution >= 4 is 11.6 Å². The van der Waals surface area contributed by atoms with E-state index in [9.17, 15) is 13.6 Å². The summed E-state index contributed by atoms with van der Waals surface area (Å²) in [5, 5.41) is 0. The third kappa shape index (κ3) is 3.11. The molecule has 2 aromatic carbocycles. The lowest BCUT2D eigenvalue weighted by Crippen LogP contribution is -2.49. The standard InChI is InChI=1S/C20H20F2N2O/c21-17-6-2-1-5-14(17)15-13-16(15)20(25)24-11-9-23(10-12-24)19-8-4-3-7-18(19)22/h1-8,15-16H,9-13H2. The van der Waals surface area contributed by atoms with Gasteiger partial charge in [0, 0.05) is 32.1 Å². The van der Waals surface area contributed by atoms with Gasteiger partial charge in [0.1, 0.15) is 11.6 Å². The Labute approximate surface area is 145 Å². The molecule has 1 aliphatic heterocycles. The molecule has 2 aromatic rings. The lowest BCUT2D eigenvalue weighted by Gasteiger charge is -2.36. The highest BCUT2D eigenvalue weighted by atomic mass is 19.1. The summed E-state index contributed by atoms with van der Waals surface area (Å²) in [5.41, 5.74) is 1.23. The number of piperazine rings is 1. The van der Waals surface area contributed by atoms with Crippen molar-refractivity contribution in [2.45, 2.75) is 12.3 Å². The van der Waals surface area contributed by atoms with Crippen molar-refractivity contribution in [3.05, 3.63) is 65.7 Å². The van der Waals surface area contributed by atoms with Crippen LogP contribution in [0.1, 0.15) is 17.9 Å². The highest BCUT2D eigenvalue weighted by molar-refractivity contribution is 5.83. The van der Waals surface area contributed by atoms with Crippen molar-refractivity contribution in [1.29, 1.82) is 0 Å². The molecule has 0 bridgehead atoms. The van der Waals surface area contributed by atoms with Gasteiger partial charge in [-0.1, -0.05) is 30.3 Å². The van der Waals surface area contributed by atoms with E-state index in [2.05, 4.69) is 0 Å². The Bertz CT molecular complexity index is 787. The van der Waals surface area contributed by atoms with Crippen LogP contribution in [0.25, 0.3) is 0 Å². The first-order valence-electron chi connectivity index (χ1n) is 8.68. The Kier molecular flexibility index (Phi) is 4.15. The molecule has 2 unspecified atom stereocenters. The van der Waals surface area contributed by atoms with Gasteiger partial charge in [-0.25, -0.2) is 8.78 Å². The Morgan fingerprint density at radius 1 is 0.880 bits per heavy atom. The van der Waals surface area contributed by atoms with E-state index in [0.29, 0.717) is 43.9 Å². The largest absolute Gasteiger partial charge is 0.366 e. The molecular weight excluding hydrogens is 322 g/mol. The Balaban J connectivity index is 1.37. The summed E-state index contributed by atoms with van der Waals surface area (Å²) in [6.45, 7) is 2.38. The zero-order valence-corrected chi connectivity index (χ0v) is 13.9. The van der Waals surface area contributed by atoms with Crippen LogP contribution in [0.4, 0.5) is 14.5 Å². The fraction of sp³-hybridized carbons (Fsp3) is 0.350. The van der Waals surface area contributed by atoms with Crippen LogP contribution >= 0.6 is 0 Å². The third-order valence-electron chi connectivity index (χ3n) is 5.20. The van der Waals surface area contributed by atoms with Crippen molar-refractivity contribution in [1.82, 2.24) is 4.90 Å². The number of hydrogen-bond donors (Lipinski definition) is 0. The highest BCUT2D eigenvalue weighted by Crippen LogP contribution is 2.49. The van der Waals surface area contributed by atoms with Gasteiger partial charge >= 0.3 is 0 Å². The molecule has 0 aromatic heterocycles. The van der Waals surface area contributed by atoms with Gasteiger partial charge in [-0.05, 0) is 36.1 Å². The van der Waals surface area contributed by atoms with Crippen LogP contribution in [-0.4, -0.2) is 37.0 Å². The number of hydrogen-bond acceptors (Lipinski definition) is 2. The highest BCUT2D eigenvalue weighted by Gasteiger charge is 2.47.